The van der Waals surface area contributed by atoms with E-state index in [1.54, 1.807) is 14.2 Å². The van der Waals surface area contributed by atoms with Crippen LogP contribution in [0.2, 0.25) is 5.02 Å². The van der Waals surface area contributed by atoms with E-state index in [9.17, 15) is 0 Å². The van der Waals surface area contributed by atoms with E-state index in [1.807, 2.05) is 48.5 Å². The van der Waals surface area contributed by atoms with Gasteiger partial charge in [0.05, 0.1) is 31.8 Å². The number of ether oxygens (including phenoxy) is 2. The van der Waals surface area contributed by atoms with Crippen molar-refractivity contribution >= 4 is 22.6 Å². The molecule has 0 atom stereocenters. The van der Waals surface area contributed by atoms with Crippen LogP contribution < -0.4 is 14.8 Å². The lowest BCUT2D eigenvalue weighted by Crippen LogP contribution is -2.17. The molecule has 0 amide bonds. The molecule has 0 saturated heterocycles. The molecule has 4 aromatic rings. The number of rotatable bonds is 8. The predicted molar refractivity (Wildman–Crippen MR) is 120 cm³/mol. The minimum atomic E-state index is 0.621. The number of nitrogens with zero attached hydrogens (tertiary/aromatic N) is 2. The van der Waals surface area contributed by atoms with Crippen LogP contribution in [-0.2, 0) is 19.6 Å². The topological polar surface area (TPSA) is 48.3 Å². The Morgan fingerprint density at radius 2 is 1.80 bits per heavy atom. The molecule has 0 saturated carbocycles. The molecule has 0 fully saturated rings. The van der Waals surface area contributed by atoms with Gasteiger partial charge in [0, 0.05) is 29.7 Å². The number of aromatic nitrogens is 2. The molecule has 0 bridgehead atoms. The van der Waals surface area contributed by atoms with Gasteiger partial charge in [-0.15, -0.1) is 0 Å². The second-order valence-corrected chi connectivity index (χ2v) is 7.45. The van der Waals surface area contributed by atoms with Crippen LogP contribution >= 0.6 is 11.6 Å². The Bertz CT molecular complexity index is 1160. The van der Waals surface area contributed by atoms with Gasteiger partial charge in [-0.3, -0.25) is 0 Å². The molecule has 0 aliphatic heterocycles. The molecule has 0 spiro atoms. The third kappa shape index (κ3) is 4.42. The van der Waals surface area contributed by atoms with Crippen molar-refractivity contribution in [3.8, 4) is 11.5 Å². The van der Waals surface area contributed by atoms with Crippen molar-refractivity contribution < 1.29 is 9.47 Å². The van der Waals surface area contributed by atoms with Crippen LogP contribution in [0.15, 0.2) is 66.7 Å². The van der Waals surface area contributed by atoms with Gasteiger partial charge < -0.3 is 19.4 Å². The van der Waals surface area contributed by atoms with Gasteiger partial charge in [-0.05, 0) is 35.9 Å². The molecular formula is C24H24ClN3O2. The number of para-hydroxylation sites is 1. The van der Waals surface area contributed by atoms with Crippen molar-refractivity contribution in [1.29, 1.82) is 0 Å². The Balaban J connectivity index is 1.62. The fourth-order valence-electron chi connectivity index (χ4n) is 3.57. The van der Waals surface area contributed by atoms with E-state index in [-0.39, 0.29) is 0 Å². The van der Waals surface area contributed by atoms with E-state index in [0.717, 1.165) is 44.5 Å². The van der Waals surface area contributed by atoms with E-state index in [1.165, 1.54) is 0 Å². The molecule has 0 aliphatic rings. The fraction of sp³-hybridized carbons (Fsp3) is 0.208. The largest absolute Gasteiger partial charge is 0.497 e. The maximum Gasteiger partial charge on any atom is 0.124 e. The van der Waals surface area contributed by atoms with Gasteiger partial charge in [0.2, 0.25) is 0 Å². The number of imidazole rings is 1. The van der Waals surface area contributed by atoms with Gasteiger partial charge in [-0.2, -0.15) is 0 Å². The molecule has 1 aromatic heterocycles. The van der Waals surface area contributed by atoms with Crippen LogP contribution in [0.1, 0.15) is 17.0 Å². The number of fused-ring (bicyclic) bond motifs is 1. The van der Waals surface area contributed by atoms with E-state index < -0.39 is 0 Å². The first-order valence-electron chi connectivity index (χ1n) is 9.78. The van der Waals surface area contributed by atoms with Gasteiger partial charge >= 0.3 is 0 Å². The predicted octanol–water partition coefficient (Wildman–Crippen LogP) is 5.05. The lowest BCUT2D eigenvalue weighted by molar-refractivity contribution is 0.407. The van der Waals surface area contributed by atoms with Crippen molar-refractivity contribution in [2.24, 2.45) is 0 Å². The van der Waals surface area contributed by atoms with Crippen LogP contribution in [0.5, 0.6) is 11.5 Å². The molecule has 0 unspecified atom stereocenters. The van der Waals surface area contributed by atoms with Crippen LogP contribution in [0.4, 0.5) is 0 Å². The van der Waals surface area contributed by atoms with E-state index >= 15 is 0 Å². The molecule has 1 N–H and O–H groups in total. The number of benzene rings is 3. The summed E-state index contributed by atoms with van der Waals surface area (Å²) in [6.45, 7) is 2.00. The van der Waals surface area contributed by atoms with Crippen molar-refractivity contribution in [2.75, 3.05) is 14.2 Å². The summed E-state index contributed by atoms with van der Waals surface area (Å²) in [6.07, 6.45) is 0. The summed E-state index contributed by atoms with van der Waals surface area (Å²) in [5.74, 6) is 2.62. The Kier molecular flexibility index (Phi) is 6.21. The van der Waals surface area contributed by atoms with E-state index in [4.69, 9.17) is 26.1 Å². The molecule has 4 rings (SSSR count). The second-order valence-electron chi connectivity index (χ2n) is 7.01. The lowest BCUT2D eigenvalue weighted by Gasteiger charge is -2.12. The highest BCUT2D eigenvalue weighted by molar-refractivity contribution is 6.30. The Hall–Kier alpha value is -3.02. The highest BCUT2D eigenvalue weighted by Gasteiger charge is 2.13. The maximum absolute atomic E-state index is 6.20. The monoisotopic (exact) mass is 421 g/mol. The molecule has 6 heteroatoms. The van der Waals surface area contributed by atoms with Crippen LogP contribution in [0.3, 0.4) is 0 Å². The zero-order valence-electron chi connectivity index (χ0n) is 17.1. The van der Waals surface area contributed by atoms with Gasteiger partial charge in [0.15, 0.2) is 0 Å². The van der Waals surface area contributed by atoms with Crippen molar-refractivity contribution in [3.05, 3.63) is 88.7 Å². The quantitative estimate of drug-likeness (QED) is 0.432. The molecule has 1 heterocycles. The third-order valence-corrected chi connectivity index (χ3v) is 5.29. The highest BCUT2D eigenvalue weighted by atomic mass is 35.5. The summed E-state index contributed by atoms with van der Waals surface area (Å²) in [7, 11) is 3.36. The average molecular weight is 422 g/mol. The summed E-state index contributed by atoms with van der Waals surface area (Å²) in [5.41, 5.74) is 4.21. The Morgan fingerprint density at radius 3 is 2.60 bits per heavy atom. The zero-order chi connectivity index (χ0) is 20.9. The molecule has 154 valence electrons. The lowest BCUT2D eigenvalue weighted by atomic mass is 10.2. The van der Waals surface area contributed by atoms with E-state index in [2.05, 4.69) is 28.1 Å². The molecular weight excluding hydrogens is 398 g/mol. The summed E-state index contributed by atoms with van der Waals surface area (Å²) in [5, 5.41) is 4.23. The second kappa shape index (κ2) is 9.20. The summed E-state index contributed by atoms with van der Waals surface area (Å²) in [6, 6.07) is 21.9. The van der Waals surface area contributed by atoms with Crippen LogP contribution in [-0.4, -0.2) is 23.8 Å². The van der Waals surface area contributed by atoms with Crippen LogP contribution in [0, 0.1) is 0 Å². The Labute approximate surface area is 181 Å². The molecule has 5 nitrogen and oxygen atoms in total. The molecule has 3 aromatic carbocycles. The number of methoxy groups -OCH3 is 2. The summed E-state index contributed by atoms with van der Waals surface area (Å²) >= 11 is 6.20. The Morgan fingerprint density at radius 1 is 0.933 bits per heavy atom. The van der Waals surface area contributed by atoms with E-state index in [0.29, 0.717) is 19.6 Å². The SMILES string of the molecule is COc1ccc2c(c1)nc(CNCc1ccccc1OC)n2Cc1cccc(Cl)c1. The number of hydrogen-bond acceptors (Lipinski definition) is 4. The maximum atomic E-state index is 6.20. The minimum absolute atomic E-state index is 0.621. The van der Waals surface area contributed by atoms with Gasteiger partial charge in [0.1, 0.15) is 17.3 Å². The first-order chi connectivity index (χ1) is 14.7. The number of nitrogens with one attached hydrogen (secondary N) is 1. The highest BCUT2D eigenvalue weighted by Crippen LogP contribution is 2.24. The summed E-state index contributed by atoms with van der Waals surface area (Å²) in [4.78, 5) is 4.87. The average Bonchev–Trinajstić information content (AvgIpc) is 3.10. The molecule has 30 heavy (non-hydrogen) atoms. The number of halogens is 1. The minimum Gasteiger partial charge on any atom is -0.497 e. The van der Waals surface area contributed by atoms with Crippen molar-refractivity contribution in [2.45, 2.75) is 19.6 Å². The number of hydrogen-bond donors (Lipinski definition) is 1. The standard InChI is InChI=1S/C24H24ClN3O2/c1-29-20-10-11-22-21(13-20)27-24(28(22)16-17-6-5-8-19(25)12-17)15-26-14-18-7-3-4-9-23(18)30-2/h3-13,26H,14-16H2,1-2H3. The summed E-state index contributed by atoms with van der Waals surface area (Å²) < 4.78 is 13.0. The molecule has 0 aliphatic carbocycles. The molecule has 0 radical (unpaired) electrons. The van der Waals surface area contributed by atoms with Gasteiger partial charge in [-0.1, -0.05) is 41.9 Å². The first kappa shape index (κ1) is 20.3. The smallest absolute Gasteiger partial charge is 0.124 e. The van der Waals surface area contributed by atoms with Gasteiger partial charge in [0.25, 0.3) is 0 Å². The normalized spacial score (nSPS) is 11.0. The van der Waals surface area contributed by atoms with Crippen LogP contribution in [0.25, 0.3) is 11.0 Å². The third-order valence-electron chi connectivity index (χ3n) is 5.06. The van der Waals surface area contributed by atoms with Gasteiger partial charge in [-0.25, -0.2) is 4.98 Å². The first-order valence-corrected chi connectivity index (χ1v) is 10.2. The van der Waals surface area contributed by atoms with Crippen molar-refractivity contribution in [3.63, 3.8) is 0 Å². The fourth-order valence-corrected chi connectivity index (χ4v) is 3.79. The van der Waals surface area contributed by atoms with Crippen molar-refractivity contribution in [1.82, 2.24) is 14.9 Å². The zero-order valence-corrected chi connectivity index (χ0v) is 17.8.